The Morgan fingerprint density at radius 3 is 2.73 bits per heavy atom. The van der Waals surface area contributed by atoms with Gasteiger partial charge in [0.25, 0.3) is 0 Å². The quantitative estimate of drug-likeness (QED) is 0.431. The van der Waals surface area contributed by atoms with Crippen LogP contribution in [0.15, 0.2) is 0 Å². The molecule has 0 radical (unpaired) electrons. The van der Waals surface area contributed by atoms with Crippen molar-refractivity contribution in [3.63, 3.8) is 0 Å². The van der Waals surface area contributed by atoms with Gasteiger partial charge in [-0.05, 0) is 0 Å². The lowest BCUT2D eigenvalue weighted by molar-refractivity contribution is 0.204. The maximum atomic E-state index is 11.3. The largest absolute Gasteiger partial charge is 0.325 e. The van der Waals surface area contributed by atoms with Crippen LogP contribution in [0.2, 0.25) is 0 Å². The Kier molecular flexibility index (Phi) is 3.06. The minimum Gasteiger partial charge on any atom is -0.317 e. The summed E-state index contributed by atoms with van der Waals surface area (Å²) in [5.74, 6) is 0. The van der Waals surface area contributed by atoms with Crippen molar-refractivity contribution in [1.82, 2.24) is 9.80 Å². The van der Waals surface area contributed by atoms with E-state index in [1.807, 2.05) is 0 Å². The molecule has 5 heteroatoms. The fraction of sp³-hybridized carbons (Fsp3) is 0.667. The Balaban J connectivity index is 2.60. The first kappa shape index (κ1) is 9.18. The molecule has 2 amide bonds. The summed E-state index contributed by atoms with van der Waals surface area (Å²) in [6, 6.07) is 0.0340. The summed E-state index contributed by atoms with van der Waals surface area (Å²) >= 11 is 7.22. The molecule has 1 heterocycles. The molecule has 1 saturated heterocycles. The number of carbonyl (C=O) groups is 1. The van der Waals surface area contributed by atoms with Crippen LogP contribution in [0, 0.1) is 0 Å². The zero-order valence-electron chi connectivity index (χ0n) is 6.21. The van der Waals surface area contributed by atoms with E-state index >= 15 is 0 Å². The molecule has 3 nitrogen and oxygen atoms in total. The summed E-state index contributed by atoms with van der Waals surface area (Å²) in [7, 11) is 1.72. The van der Waals surface area contributed by atoms with Crippen LogP contribution in [0.5, 0.6) is 0 Å². The molecule has 0 aromatic carbocycles. The Bertz CT molecular complexity index is 197. The normalized spacial score (nSPS) is 18.4. The Hall–Kier alpha value is 0.0900. The third-order valence-electron chi connectivity index (χ3n) is 1.61. The Morgan fingerprint density at radius 2 is 2.36 bits per heavy atom. The third kappa shape index (κ3) is 1.81. The van der Waals surface area contributed by atoms with E-state index in [0.717, 1.165) is 16.0 Å². The number of urea groups is 1. The molecule has 1 rings (SSSR count). The predicted molar refractivity (Wildman–Crippen MR) is 56.2 cm³/mol. The van der Waals surface area contributed by atoms with E-state index in [2.05, 4.69) is 22.6 Å². The van der Waals surface area contributed by atoms with E-state index < -0.39 is 0 Å². The SMILES string of the molecule is CN1C(=O)N(CCI)CC1=S. The van der Waals surface area contributed by atoms with E-state index in [1.165, 1.54) is 4.90 Å². The molecule has 0 aromatic heterocycles. The van der Waals surface area contributed by atoms with Crippen LogP contribution in [0.1, 0.15) is 0 Å². The number of hydrogen-bond donors (Lipinski definition) is 0. The van der Waals surface area contributed by atoms with Crippen molar-refractivity contribution < 1.29 is 4.79 Å². The highest BCUT2D eigenvalue weighted by Gasteiger charge is 2.28. The van der Waals surface area contributed by atoms with E-state index in [1.54, 1.807) is 11.9 Å². The number of carbonyl (C=O) groups excluding carboxylic acids is 1. The van der Waals surface area contributed by atoms with Crippen molar-refractivity contribution in [2.24, 2.45) is 0 Å². The van der Waals surface area contributed by atoms with E-state index in [9.17, 15) is 4.79 Å². The first-order chi connectivity index (χ1) is 5.16. The van der Waals surface area contributed by atoms with Gasteiger partial charge in [-0.25, -0.2) is 4.79 Å². The fourth-order valence-electron chi connectivity index (χ4n) is 0.932. The first-order valence-electron chi connectivity index (χ1n) is 3.28. The van der Waals surface area contributed by atoms with Gasteiger partial charge in [0, 0.05) is 18.0 Å². The number of amides is 2. The highest BCUT2D eigenvalue weighted by atomic mass is 127. The lowest BCUT2D eigenvalue weighted by atomic mass is 10.6. The summed E-state index contributed by atoms with van der Waals surface area (Å²) in [4.78, 5) is 15.3. The number of thiocarbonyl (C=S) groups is 1. The molecule has 0 spiro atoms. The summed E-state index contributed by atoms with van der Waals surface area (Å²) in [5, 5.41) is 0. The number of hydrogen-bond acceptors (Lipinski definition) is 2. The number of halogens is 1. The molecule has 1 aliphatic heterocycles. The molecule has 1 fully saturated rings. The van der Waals surface area contributed by atoms with E-state index in [4.69, 9.17) is 12.2 Å². The average Bonchev–Trinajstić information content (AvgIpc) is 2.19. The second-order valence-electron chi connectivity index (χ2n) is 2.35. The molecule has 0 atom stereocenters. The van der Waals surface area contributed by atoms with Gasteiger partial charge in [0.15, 0.2) is 0 Å². The van der Waals surface area contributed by atoms with Crippen molar-refractivity contribution in [3.05, 3.63) is 0 Å². The van der Waals surface area contributed by atoms with Crippen molar-refractivity contribution in [3.8, 4) is 0 Å². The molecule has 0 saturated carbocycles. The monoisotopic (exact) mass is 284 g/mol. The van der Waals surface area contributed by atoms with Gasteiger partial charge < -0.3 is 4.90 Å². The highest BCUT2D eigenvalue weighted by Crippen LogP contribution is 2.08. The second-order valence-corrected chi connectivity index (χ2v) is 3.90. The molecule has 1 aliphatic rings. The summed E-state index contributed by atoms with van der Waals surface area (Å²) in [5.41, 5.74) is 0. The summed E-state index contributed by atoms with van der Waals surface area (Å²) in [6.45, 7) is 1.41. The molecule has 0 aliphatic carbocycles. The average molecular weight is 284 g/mol. The van der Waals surface area contributed by atoms with Crippen molar-refractivity contribution in [1.29, 1.82) is 0 Å². The Labute approximate surface area is 84.9 Å². The lowest BCUT2D eigenvalue weighted by Gasteiger charge is -2.12. The van der Waals surface area contributed by atoms with Crippen LogP contribution in [-0.2, 0) is 0 Å². The third-order valence-corrected chi connectivity index (χ3v) is 2.50. The standard InChI is InChI=1S/C6H9IN2OS/c1-8-5(11)4-9(3-2-7)6(8)10/h2-4H2,1H3. The fourth-order valence-corrected chi connectivity index (χ4v) is 1.75. The summed E-state index contributed by atoms with van der Waals surface area (Å²) in [6.07, 6.45) is 0. The number of alkyl halides is 1. The van der Waals surface area contributed by atoms with Crippen LogP contribution >= 0.6 is 34.8 Å². The molecule has 0 bridgehead atoms. The van der Waals surface area contributed by atoms with Gasteiger partial charge >= 0.3 is 6.03 Å². The van der Waals surface area contributed by atoms with Crippen LogP contribution in [-0.4, -0.2) is 45.4 Å². The lowest BCUT2D eigenvalue weighted by Crippen LogP contribution is -2.30. The maximum absolute atomic E-state index is 11.3. The Morgan fingerprint density at radius 1 is 1.73 bits per heavy atom. The molecular weight excluding hydrogens is 275 g/mol. The molecule has 62 valence electrons. The van der Waals surface area contributed by atoms with Gasteiger partial charge in [0.1, 0.15) is 4.99 Å². The number of likely N-dealkylation sites (N-methyl/N-ethyl adjacent to an activating group) is 1. The van der Waals surface area contributed by atoms with Gasteiger partial charge in [0.2, 0.25) is 0 Å². The van der Waals surface area contributed by atoms with Crippen LogP contribution in [0.3, 0.4) is 0 Å². The van der Waals surface area contributed by atoms with E-state index in [-0.39, 0.29) is 6.03 Å². The van der Waals surface area contributed by atoms with Crippen molar-refractivity contribution in [2.75, 3.05) is 24.6 Å². The zero-order chi connectivity index (χ0) is 8.43. The van der Waals surface area contributed by atoms with Gasteiger partial charge in [-0.15, -0.1) is 0 Å². The van der Waals surface area contributed by atoms with Gasteiger partial charge in [0.05, 0.1) is 6.54 Å². The zero-order valence-corrected chi connectivity index (χ0v) is 9.18. The minimum atomic E-state index is 0.0340. The molecule has 0 aromatic rings. The second kappa shape index (κ2) is 3.66. The maximum Gasteiger partial charge on any atom is 0.325 e. The van der Waals surface area contributed by atoms with Crippen molar-refractivity contribution in [2.45, 2.75) is 0 Å². The predicted octanol–water partition coefficient (Wildman–Crippen LogP) is 1.12. The highest BCUT2D eigenvalue weighted by molar-refractivity contribution is 14.1. The smallest absolute Gasteiger partial charge is 0.317 e. The van der Waals surface area contributed by atoms with Gasteiger partial charge in [-0.1, -0.05) is 34.8 Å². The first-order valence-corrected chi connectivity index (χ1v) is 5.21. The van der Waals surface area contributed by atoms with E-state index in [0.29, 0.717) is 6.54 Å². The van der Waals surface area contributed by atoms with Crippen molar-refractivity contribution >= 4 is 45.8 Å². The van der Waals surface area contributed by atoms with Gasteiger partial charge in [-0.3, -0.25) is 4.90 Å². The molecule has 0 unspecified atom stereocenters. The minimum absolute atomic E-state index is 0.0340. The molecular formula is C6H9IN2OS. The number of nitrogens with zero attached hydrogens (tertiary/aromatic N) is 2. The topological polar surface area (TPSA) is 23.6 Å². The number of rotatable bonds is 2. The molecule has 11 heavy (non-hydrogen) atoms. The van der Waals surface area contributed by atoms with Crippen LogP contribution in [0.4, 0.5) is 4.79 Å². The van der Waals surface area contributed by atoms with Gasteiger partial charge in [-0.2, -0.15) is 0 Å². The van der Waals surface area contributed by atoms with Crippen LogP contribution < -0.4 is 0 Å². The van der Waals surface area contributed by atoms with Crippen LogP contribution in [0.25, 0.3) is 0 Å². The molecule has 0 N–H and O–H groups in total. The summed E-state index contributed by atoms with van der Waals surface area (Å²) < 4.78 is 0.958.